The zero-order valence-electron chi connectivity index (χ0n) is 13.5. The lowest BCUT2D eigenvalue weighted by molar-refractivity contribution is 0.568. The first-order valence-electron chi connectivity index (χ1n) is 7.58. The molecule has 25 heavy (non-hydrogen) atoms. The first-order chi connectivity index (χ1) is 12.0. The largest absolute Gasteiger partial charge is 0.472 e. The summed E-state index contributed by atoms with van der Waals surface area (Å²) in [6.45, 7) is 0.594. The number of benzene rings is 2. The predicted molar refractivity (Wildman–Crippen MR) is 94.1 cm³/mol. The molecule has 130 valence electrons. The highest BCUT2D eigenvalue weighted by atomic mass is 32.2. The van der Waals surface area contributed by atoms with Gasteiger partial charge in [0.1, 0.15) is 5.82 Å². The van der Waals surface area contributed by atoms with Crippen molar-refractivity contribution >= 4 is 15.7 Å². The smallest absolute Gasteiger partial charge is 0.261 e. The number of hydrogen-bond donors (Lipinski definition) is 2. The molecule has 3 rings (SSSR count). The van der Waals surface area contributed by atoms with Gasteiger partial charge in [0.2, 0.25) is 0 Å². The molecule has 2 N–H and O–H groups in total. The van der Waals surface area contributed by atoms with Crippen LogP contribution >= 0.6 is 0 Å². The van der Waals surface area contributed by atoms with Gasteiger partial charge in [-0.05, 0) is 49.0 Å². The third-order valence-corrected chi connectivity index (χ3v) is 5.05. The average Bonchev–Trinajstić information content (AvgIpc) is 3.10. The fourth-order valence-electron chi connectivity index (χ4n) is 2.48. The van der Waals surface area contributed by atoms with Crippen LogP contribution in [0.5, 0.6) is 0 Å². The minimum atomic E-state index is -3.84. The molecular weight excluding hydrogens is 343 g/mol. The third kappa shape index (κ3) is 3.89. The van der Waals surface area contributed by atoms with E-state index in [0.717, 1.165) is 23.3 Å². The molecule has 0 saturated heterocycles. The van der Waals surface area contributed by atoms with E-state index >= 15 is 0 Å². The maximum atomic E-state index is 13.1. The van der Waals surface area contributed by atoms with Crippen molar-refractivity contribution in [3.8, 4) is 11.1 Å². The Labute approximate surface area is 145 Å². The van der Waals surface area contributed by atoms with Gasteiger partial charge in [-0.3, -0.25) is 4.72 Å². The van der Waals surface area contributed by atoms with Gasteiger partial charge in [0, 0.05) is 17.7 Å². The minimum absolute atomic E-state index is 0.00827. The molecule has 0 aliphatic carbocycles. The zero-order valence-corrected chi connectivity index (χ0v) is 14.3. The van der Waals surface area contributed by atoms with Crippen molar-refractivity contribution in [2.45, 2.75) is 11.4 Å². The van der Waals surface area contributed by atoms with E-state index < -0.39 is 15.8 Å². The Morgan fingerprint density at radius 3 is 2.48 bits per heavy atom. The molecule has 0 aliphatic heterocycles. The molecule has 0 saturated carbocycles. The Morgan fingerprint density at radius 1 is 1.08 bits per heavy atom. The molecule has 0 spiro atoms. The number of nitrogens with one attached hydrogen (secondary N) is 2. The quantitative estimate of drug-likeness (QED) is 0.704. The van der Waals surface area contributed by atoms with Crippen LogP contribution in [0.25, 0.3) is 11.1 Å². The van der Waals surface area contributed by atoms with Crippen LogP contribution < -0.4 is 10.0 Å². The normalized spacial score (nSPS) is 11.4. The monoisotopic (exact) mass is 360 g/mol. The molecule has 3 aromatic rings. The van der Waals surface area contributed by atoms with Gasteiger partial charge in [-0.1, -0.05) is 12.1 Å². The Hall–Kier alpha value is -2.64. The molecular formula is C18H17FN2O3S. The van der Waals surface area contributed by atoms with Crippen LogP contribution in [-0.2, 0) is 16.6 Å². The van der Waals surface area contributed by atoms with E-state index in [9.17, 15) is 12.8 Å². The van der Waals surface area contributed by atoms with Crippen molar-refractivity contribution in [3.63, 3.8) is 0 Å². The number of sulfonamides is 1. The fraction of sp³-hybridized carbons (Fsp3) is 0.111. The summed E-state index contributed by atoms with van der Waals surface area (Å²) in [5, 5.41) is 3.03. The fourth-order valence-corrected chi connectivity index (χ4v) is 3.55. The maximum Gasteiger partial charge on any atom is 0.261 e. The average molecular weight is 360 g/mol. The van der Waals surface area contributed by atoms with Crippen LogP contribution in [-0.4, -0.2) is 15.5 Å². The molecule has 0 unspecified atom stereocenters. The summed E-state index contributed by atoms with van der Waals surface area (Å²) < 4.78 is 46.0. The molecule has 5 nitrogen and oxygen atoms in total. The second-order valence-electron chi connectivity index (χ2n) is 5.48. The summed E-state index contributed by atoms with van der Waals surface area (Å²) in [6.07, 6.45) is 3.07. The molecule has 1 heterocycles. The van der Waals surface area contributed by atoms with Crippen LogP contribution in [0.4, 0.5) is 10.1 Å². The van der Waals surface area contributed by atoms with Crippen molar-refractivity contribution in [3.05, 3.63) is 72.4 Å². The van der Waals surface area contributed by atoms with Gasteiger partial charge in [-0.15, -0.1) is 0 Å². The van der Waals surface area contributed by atoms with Crippen LogP contribution in [0, 0.1) is 5.82 Å². The molecule has 0 atom stereocenters. The van der Waals surface area contributed by atoms with E-state index in [-0.39, 0.29) is 4.90 Å². The van der Waals surface area contributed by atoms with Crippen LogP contribution in [0.15, 0.2) is 70.4 Å². The lowest BCUT2D eigenvalue weighted by atomic mass is 10.0. The summed E-state index contributed by atoms with van der Waals surface area (Å²) in [5.41, 5.74) is 2.80. The molecule has 0 aliphatic rings. The van der Waals surface area contributed by atoms with Gasteiger partial charge in [-0.2, -0.15) is 0 Å². The molecule has 0 amide bonds. The number of hydrogen-bond acceptors (Lipinski definition) is 4. The lowest BCUT2D eigenvalue weighted by Gasteiger charge is -2.14. The topological polar surface area (TPSA) is 71.3 Å². The van der Waals surface area contributed by atoms with Gasteiger partial charge in [-0.25, -0.2) is 12.8 Å². The van der Waals surface area contributed by atoms with Gasteiger partial charge >= 0.3 is 0 Å². The highest BCUT2D eigenvalue weighted by molar-refractivity contribution is 7.92. The van der Waals surface area contributed by atoms with Gasteiger partial charge in [0.25, 0.3) is 10.0 Å². The summed E-state index contributed by atoms with van der Waals surface area (Å²) >= 11 is 0. The van der Waals surface area contributed by atoms with Crippen LogP contribution in [0.1, 0.15) is 5.56 Å². The Kier molecular flexibility index (Phi) is 4.87. The van der Waals surface area contributed by atoms with Crippen molar-refractivity contribution in [1.82, 2.24) is 5.32 Å². The molecule has 0 bridgehead atoms. The minimum Gasteiger partial charge on any atom is -0.472 e. The summed E-state index contributed by atoms with van der Waals surface area (Å²) in [7, 11) is -2.03. The van der Waals surface area contributed by atoms with Crippen molar-refractivity contribution < 1.29 is 17.2 Å². The van der Waals surface area contributed by atoms with Crippen LogP contribution in [0.3, 0.4) is 0 Å². The van der Waals surface area contributed by atoms with Gasteiger partial charge in [0.15, 0.2) is 0 Å². The first kappa shape index (κ1) is 17.2. The molecule has 7 heteroatoms. The number of anilines is 1. The predicted octanol–water partition coefficient (Wildman–Crippen LogP) is 3.61. The summed E-state index contributed by atoms with van der Waals surface area (Å²) in [5.74, 6) is -0.492. The summed E-state index contributed by atoms with van der Waals surface area (Å²) in [6, 6.07) is 11.9. The highest BCUT2D eigenvalue weighted by Crippen LogP contribution is 2.31. The van der Waals surface area contributed by atoms with E-state index in [1.165, 1.54) is 18.4 Å². The van der Waals surface area contributed by atoms with Gasteiger partial charge < -0.3 is 9.73 Å². The maximum absolute atomic E-state index is 13.1. The van der Waals surface area contributed by atoms with E-state index in [2.05, 4.69) is 10.0 Å². The lowest BCUT2D eigenvalue weighted by Crippen LogP contribution is -2.14. The van der Waals surface area contributed by atoms with Crippen LogP contribution in [0.2, 0.25) is 0 Å². The van der Waals surface area contributed by atoms with Crippen molar-refractivity contribution in [1.29, 1.82) is 0 Å². The molecule has 1 aromatic heterocycles. The van der Waals surface area contributed by atoms with E-state index in [1.807, 2.05) is 19.2 Å². The van der Waals surface area contributed by atoms with Crippen molar-refractivity contribution in [2.75, 3.05) is 11.8 Å². The van der Waals surface area contributed by atoms with E-state index in [4.69, 9.17) is 4.42 Å². The van der Waals surface area contributed by atoms with Crippen molar-refractivity contribution in [2.24, 2.45) is 0 Å². The van der Waals surface area contributed by atoms with E-state index in [0.29, 0.717) is 17.8 Å². The first-order valence-corrected chi connectivity index (χ1v) is 9.06. The second-order valence-corrected chi connectivity index (χ2v) is 7.16. The zero-order chi connectivity index (χ0) is 17.9. The third-order valence-electron chi connectivity index (χ3n) is 3.67. The van der Waals surface area contributed by atoms with E-state index in [1.54, 1.807) is 18.4 Å². The Morgan fingerprint density at radius 2 is 1.84 bits per heavy atom. The second kappa shape index (κ2) is 7.08. The molecule has 2 aromatic carbocycles. The summed E-state index contributed by atoms with van der Waals surface area (Å²) in [4.78, 5) is -0.00827. The standard InChI is InChI=1S/C18H17FN2O3S/c1-20-11-13-2-7-17(14-8-9-24-12-14)18(10-13)21-25(22,23)16-5-3-15(19)4-6-16/h2-10,12,20-21H,11H2,1H3. The number of rotatable bonds is 6. The Bertz CT molecular complexity index is 952. The van der Waals surface area contributed by atoms with Gasteiger partial charge in [0.05, 0.1) is 23.1 Å². The highest BCUT2D eigenvalue weighted by Gasteiger charge is 2.17. The number of furan rings is 1. The Balaban J connectivity index is 2.02. The SMILES string of the molecule is CNCc1ccc(-c2ccoc2)c(NS(=O)(=O)c2ccc(F)cc2)c1. The number of halogens is 1. The molecule has 0 radical (unpaired) electrons. The molecule has 0 fully saturated rings.